The molecule has 3 nitrogen and oxygen atoms in total. The summed E-state index contributed by atoms with van der Waals surface area (Å²) in [6.07, 6.45) is 2.39. The maximum atomic E-state index is 11.2. The average molecular weight is 188 g/mol. The van der Waals surface area contributed by atoms with Gasteiger partial charge in [0.05, 0.1) is 0 Å². The van der Waals surface area contributed by atoms with Crippen molar-refractivity contribution in [2.24, 2.45) is 5.92 Å². The largest absolute Gasteiger partial charge is 0.325 e. The molecule has 2 unspecified atom stereocenters. The van der Waals surface area contributed by atoms with Crippen molar-refractivity contribution < 1.29 is 9.59 Å². The first kappa shape index (κ1) is 8.05. The highest BCUT2D eigenvalue weighted by atomic mass is 35.5. The van der Waals surface area contributed by atoms with Gasteiger partial charge in [-0.1, -0.05) is 0 Å². The normalized spacial score (nSPS) is 34.1. The van der Waals surface area contributed by atoms with Crippen molar-refractivity contribution in [3.63, 3.8) is 0 Å². The standard InChI is InChI=1S/C8H10ClNO2/c9-8(12)10-4-5-1-2-6(10)3-7(5)11/h5-6H,1-4H2. The number of ketones is 1. The minimum atomic E-state index is -0.405. The molecule has 1 amide bonds. The van der Waals surface area contributed by atoms with Crippen molar-refractivity contribution in [2.45, 2.75) is 25.3 Å². The zero-order chi connectivity index (χ0) is 8.72. The fraction of sp³-hybridized carbons (Fsp3) is 0.750. The van der Waals surface area contributed by atoms with Gasteiger partial charge in [-0.15, -0.1) is 0 Å². The lowest BCUT2D eigenvalue weighted by molar-refractivity contribution is -0.130. The van der Waals surface area contributed by atoms with Crippen molar-refractivity contribution in [3.05, 3.63) is 0 Å². The van der Waals surface area contributed by atoms with Crippen LogP contribution in [0.2, 0.25) is 0 Å². The van der Waals surface area contributed by atoms with Crippen LogP contribution in [0.1, 0.15) is 19.3 Å². The van der Waals surface area contributed by atoms with E-state index in [2.05, 4.69) is 0 Å². The zero-order valence-electron chi connectivity index (χ0n) is 6.62. The second-order valence-corrected chi connectivity index (χ2v) is 3.83. The first-order valence-electron chi connectivity index (χ1n) is 4.17. The Balaban J connectivity index is 2.15. The highest BCUT2D eigenvalue weighted by molar-refractivity contribution is 6.62. The maximum Gasteiger partial charge on any atom is 0.316 e. The molecule has 1 aliphatic carbocycles. The summed E-state index contributed by atoms with van der Waals surface area (Å²) in [6.45, 7) is 0.547. The maximum absolute atomic E-state index is 11.2. The van der Waals surface area contributed by atoms with Crippen molar-refractivity contribution in [1.82, 2.24) is 4.90 Å². The molecule has 2 atom stereocenters. The van der Waals surface area contributed by atoms with Gasteiger partial charge in [-0.3, -0.25) is 9.59 Å². The van der Waals surface area contributed by atoms with Crippen molar-refractivity contribution in [2.75, 3.05) is 6.54 Å². The number of carbonyl (C=O) groups excluding carboxylic acids is 2. The molecule has 3 aliphatic rings. The molecule has 4 heteroatoms. The minimum absolute atomic E-state index is 0.0673. The summed E-state index contributed by atoms with van der Waals surface area (Å²) in [5, 5.41) is -0.405. The first-order valence-corrected chi connectivity index (χ1v) is 4.55. The van der Waals surface area contributed by atoms with E-state index in [9.17, 15) is 9.59 Å². The molecule has 66 valence electrons. The molecule has 0 spiro atoms. The van der Waals surface area contributed by atoms with Crippen LogP contribution in [0.4, 0.5) is 4.79 Å². The quantitative estimate of drug-likeness (QED) is 0.425. The molecular formula is C8H10ClNO2. The van der Waals surface area contributed by atoms with Gasteiger partial charge in [0.1, 0.15) is 5.78 Å². The van der Waals surface area contributed by atoms with E-state index < -0.39 is 5.37 Å². The Morgan fingerprint density at radius 2 is 2.25 bits per heavy atom. The van der Waals surface area contributed by atoms with E-state index in [1.807, 2.05) is 0 Å². The Labute approximate surface area is 75.7 Å². The van der Waals surface area contributed by atoms with Crippen LogP contribution < -0.4 is 0 Å². The van der Waals surface area contributed by atoms with Gasteiger partial charge in [0.15, 0.2) is 0 Å². The molecule has 0 aromatic heterocycles. The molecule has 3 rings (SSSR count). The predicted octanol–water partition coefficient (Wildman–Crippen LogP) is 1.40. The fourth-order valence-electron chi connectivity index (χ4n) is 2.12. The van der Waals surface area contributed by atoms with Crippen molar-refractivity contribution >= 4 is 22.8 Å². The van der Waals surface area contributed by atoms with E-state index in [1.165, 1.54) is 0 Å². The van der Waals surface area contributed by atoms with Crippen LogP contribution in [0.15, 0.2) is 0 Å². The Bertz CT molecular complexity index is 241. The monoisotopic (exact) mass is 187 g/mol. The average Bonchev–Trinajstić information content (AvgIpc) is 2.04. The van der Waals surface area contributed by atoms with Gasteiger partial charge in [-0.2, -0.15) is 0 Å². The molecule has 2 saturated heterocycles. The van der Waals surface area contributed by atoms with Crippen LogP contribution in [0.25, 0.3) is 0 Å². The van der Waals surface area contributed by atoms with E-state index in [4.69, 9.17) is 11.6 Å². The minimum Gasteiger partial charge on any atom is -0.325 e. The van der Waals surface area contributed by atoms with E-state index in [0.29, 0.717) is 18.7 Å². The number of fused-ring (bicyclic) bond motifs is 3. The van der Waals surface area contributed by atoms with Gasteiger partial charge in [0, 0.05) is 24.9 Å². The summed E-state index contributed by atoms with van der Waals surface area (Å²) in [6, 6.07) is 0.0903. The van der Waals surface area contributed by atoms with Crippen LogP contribution in [0.3, 0.4) is 0 Å². The highest BCUT2D eigenvalue weighted by Gasteiger charge is 2.40. The molecule has 0 aromatic carbocycles. The summed E-state index contributed by atoms with van der Waals surface area (Å²) in [5.41, 5.74) is 0. The summed E-state index contributed by atoms with van der Waals surface area (Å²) in [5.74, 6) is 0.373. The van der Waals surface area contributed by atoms with Crippen molar-refractivity contribution in [1.29, 1.82) is 0 Å². The molecule has 0 radical (unpaired) electrons. The topological polar surface area (TPSA) is 37.4 Å². The molecule has 1 saturated carbocycles. The van der Waals surface area contributed by atoms with E-state index >= 15 is 0 Å². The van der Waals surface area contributed by atoms with Gasteiger partial charge in [0.25, 0.3) is 0 Å². The Morgan fingerprint density at radius 3 is 2.67 bits per heavy atom. The number of rotatable bonds is 0. The summed E-state index contributed by atoms with van der Waals surface area (Å²) in [7, 11) is 0. The highest BCUT2D eigenvalue weighted by Crippen LogP contribution is 2.32. The number of halogens is 1. The summed E-state index contributed by atoms with van der Waals surface area (Å²) >= 11 is 5.37. The Hall–Kier alpha value is -0.570. The molecule has 2 bridgehead atoms. The van der Waals surface area contributed by atoms with Crippen LogP contribution in [0, 0.1) is 5.92 Å². The molecule has 0 N–H and O–H groups in total. The number of hydrogen-bond acceptors (Lipinski definition) is 2. The number of nitrogens with zero attached hydrogens (tertiary/aromatic N) is 1. The molecule has 0 aromatic rings. The van der Waals surface area contributed by atoms with Crippen LogP contribution in [-0.2, 0) is 4.79 Å². The number of carbonyl (C=O) groups is 2. The molecule has 12 heavy (non-hydrogen) atoms. The van der Waals surface area contributed by atoms with Gasteiger partial charge in [0.2, 0.25) is 0 Å². The smallest absolute Gasteiger partial charge is 0.316 e. The zero-order valence-corrected chi connectivity index (χ0v) is 7.38. The second-order valence-electron chi connectivity index (χ2n) is 3.50. The third kappa shape index (κ3) is 1.12. The van der Waals surface area contributed by atoms with Crippen LogP contribution in [0.5, 0.6) is 0 Å². The lowest BCUT2D eigenvalue weighted by atomic mass is 9.79. The van der Waals surface area contributed by atoms with E-state index in [0.717, 1.165) is 12.8 Å². The van der Waals surface area contributed by atoms with Crippen LogP contribution in [-0.4, -0.2) is 28.6 Å². The SMILES string of the molecule is O=C1CC2CCC1CN2C(=O)Cl. The fourth-order valence-corrected chi connectivity index (χ4v) is 2.32. The van der Waals surface area contributed by atoms with Crippen molar-refractivity contribution in [3.8, 4) is 0 Å². The third-order valence-electron chi connectivity index (χ3n) is 2.82. The van der Waals surface area contributed by atoms with Gasteiger partial charge in [-0.25, -0.2) is 0 Å². The van der Waals surface area contributed by atoms with E-state index in [1.54, 1.807) is 4.90 Å². The van der Waals surface area contributed by atoms with Gasteiger partial charge in [-0.05, 0) is 24.4 Å². The number of Topliss-reactive ketones (excluding diaryl/α,β-unsaturated/α-hetero) is 1. The molecular weight excluding hydrogens is 178 g/mol. The predicted molar refractivity (Wildman–Crippen MR) is 44.1 cm³/mol. The van der Waals surface area contributed by atoms with E-state index in [-0.39, 0.29) is 12.0 Å². The number of piperidine rings is 2. The van der Waals surface area contributed by atoms with Crippen LogP contribution >= 0.6 is 11.6 Å². The molecule has 2 heterocycles. The van der Waals surface area contributed by atoms with Gasteiger partial charge < -0.3 is 4.90 Å². The second kappa shape index (κ2) is 2.73. The molecule has 2 aliphatic heterocycles. The lowest BCUT2D eigenvalue weighted by Gasteiger charge is -2.42. The lowest BCUT2D eigenvalue weighted by Crippen LogP contribution is -2.53. The van der Waals surface area contributed by atoms with Gasteiger partial charge >= 0.3 is 5.37 Å². The Kier molecular flexibility index (Phi) is 1.83. The number of hydrogen-bond donors (Lipinski definition) is 0. The summed E-state index contributed by atoms with van der Waals surface area (Å²) in [4.78, 5) is 23.7. The third-order valence-corrected chi connectivity index (χ3v) is 3.04. The number of amides is 1. The Morgan fingerprint density at radius 1 is 1.50 bits per heavy atom. The first-order chi connectivity index (χ1) is 5.68. The summed E-state index contributed by atoms with van der Waals surface area (Å²) < 4.78 is 0. The molecule has 3 fully saturated rings.